The van der Waals surface area contributed by atoms with Crippen LogP contribution in [0.2, 0.25) is 0 Å². The van der Waals surface area contributed by atoms with Crippen LogP contribution in [0.4, 0.5) is 4.79 Å². The number of nitrogens with zero attached hydrogens (tertiary/aromatic N) is 5. The first kappa shape index (κ1) is 22.6. The number of carbonyl (C=O) groups is 1. The van der Waals surface area contributed by atoms with E-state index in [0.717, 1.165) is 35.3 Å². The van der Waals surface area contributed by atoms with Crippen LogP contribution in [0.1, 0.15) is 44.6 Å². The Bertz CT molecular complexity index is 922. The van der Waals surface area contributed by atoms with E-state index in [9.17, 15) is 4.79 Å². The topological polar surface area (TPSA) is 96.7 Å². The number of rotatable bonds is 5. The van der Waals surface area contributed by atoms with Gasteiger partial charge in [0.2, 0.25) is 0 Å². The van der Waals surface area contributed by atoms with Crippen molar-refractivity contribution in [2.24, 2.45) is 4.99 Å². The molecule has 0 saturated carbocycles. The van der Waals surface area contributed by atoms with Crippen LogP contribution in [0.15, 0.2) is 29.4 Å². The zero-order valence-electron chi connectivity index (χ0n) is 19.3. The number of guanidine groups is 1. The predicted molar refractivity (Wildman–Crippen MR) is 120 cm³/mol. The molecule has 3 heterocycles. The molecule has 0 aliphatic carbocycles. The summed E-state index contributed by atoms with van der Waals surface area (Å²) in [6.07, 6.45) is 1.55. The van der Waals surface area contributed by atoms with Gasteiger partial charge in [-0.2, -0.15) is 5.10 Å². The summed E-state index contributed by atoms with van der Waals surface area (Å²) in [5.74, 6) is 1.51. The second kappa shape index (κ2) is 9.36. The first-order valence-corrected chi connectivity index (χ1v) is 10.7. The molecular weight excluding hydrogens is 394 g/mol. The van der Waals surface area contributed by atoms with Crippen molar-refractivity contribution in [3.05, 3.63) is 41.3 Å². The molecule has 0 aromatic carbocycles. The summed E-state index contributed by atoms with van der Waals surface area (Å²) in [5, 5.41) is 11.1. The molecule has 2 N–H and O–H groups in total. The zero-order valence-corrected chi connectivity index (χ0v) is 19.3. The number of likely N-dealkylation sites (tertiary alicyclic amines) is 1. The van der Waals surface area contributed by atoms with Gasteiger partial charge >= 0.3 is 6.09 Å². The fourth-order valence-electron chi connectivity index (χ4n) is 3.23. The molecule has 9 heteroatoms. The minimum Gasteiger partial charge on any atom is -0.444 e. The van der Waals surface area contributed by atoms with Crippen molar-refractivity contribution < 1.29 is 9.53 Å². The Kier molecular flexibility index (Phi) is 6.82. The largest absolute Gasteiger partial charge is 0.444 e. The highest BCUT2D eigenvalue weighted by atomic mass is 16.6. The Hall–Kier alpha value is -3.10. The number of nitrogens with one attached hydrogen (secondary N) is 2. The summed E-state index contributed by atoms with van der Waals surface area (Å²) in [5.41, 5.74) is 2.54. The standard InChI is InChI=1S/C22H33N7O2/c1-7-23-20(26-18-13-28(14-18)21(30)31-22(4,5)6)25-12-17-8-9-19(24-11-17)29-16(3)10-15(2)27-29/h8-11,18H,7,12-14H2,1-6H3,(H2,23,25,26). The van der Waals surface area contributed by atoms with Crippen LogP contribution in [0.25, 0.3) is 5.82 Å². The van der Waals surface area contributed by atoms with Crippen molar-refractivity contribution in [1.82, 2.24) is 30.3 Å². The van der Waals surface area contributed by atoms with Crippen molar-refractivity contribution in [3.8, 4) is 5.82 Å². The second-order valence-corrected chi connectivity index (χ2v) is 8.79. The van der Waals surface area contributed by atoms with Crippen LogP contribution in [-0.4, -0.2) is 63.0 Å². The summed E-state index contributed by atoms with van der Waals surface area (Å²) >= 11 is 0. The number of aryl methyl sites for hydroxylation is 2. The fraction of sp³-hybridized carbons (Fsp3) is 0.545. The van der Waals surface area contributed by atoms with Crippen LogP contribution < -0.4 is 10.6 Å². The Morgan fingerprint density at radius 1 is 1.29 bits per heavy atom. The highest BCUT2D eigenvalue weighted by molar-refractivity contribution is 5.80. The van der Waals surface area contributed by atoms with Crippen molar-refractivity contribution in [3.63, 3.8) is 0 Å². The molecule has 9 nitrogen and oxygen atoms in total. The van der Waals surface area contributed by atoms with Gasteiger partial charge in [-0.1, -0.05) is 6.07 Å². The van der Waals surface area contributed by atoms with Gasteiger partial charge in [0.05, 0.1) is 18.3 Å². The maximum Gasteiger partial charge on any atom is 0.410 e. The van der Waals surface area contributed by atoms with Gasteiger partial charge in [-0.05, 0) is 59.2 Å². The van der Waals surface area contributed by atoms with E-state index in [1.807, 2.05) is 70.6 Å². The number of aromatic nitrogens is 3. The number of ether oxygens (including phenoxy) is 1. The Morgan fingerprint density at radius 3 is 2.58 bits per heavy atom. The molecule has 0 atom stereocenters. The number of carbonyl (C=O) groups excluding carboxylic acids is 1. The van der Waals surface area contributed by atoms with E-state index < -0.39 is 5.60 Å². The van der Waals surface area contributed by atoms with Gasteiger partial charge in [-0.15, -0.1) is 0 Å². The lowest BCUT2D eigenvalue weighted by Gasteiger charge is -2.40. The van der Waals surface area contributed by atoms with Crippen LogP contribution in [-0.2, 0) is 11.3 Å². The monoisotopic (exact) mass is 427 g/mol. The molecule has 0 radical (unpaired) electrons. The first-order valence-electron chi connectivity index (χ1n) is 10.7. The van der Waals surface area contributed by atoms with E-state index in [2.05, 4.69) is 25.7 Å². The average Bonchev–Trinajstić information content (AvgIpc) is 2.99. The van der Waals surface area contributed by atoms with Gasteiger partial charge in [0, 0.05) is 31.5 Å². The van der Waals surface area contributed by atoms with Gasteiger partial charge in [0.1, 0.15) is 5.60 Å². The van der Waals surface area contributed by atoms with Crippen LogP contribution in [0.5, 0.6) is 0 Å². The lowest BCUT2D eigenvalue weighted by Crippen LogP contribution is -2.63. The van der Waals surface area contributed by atoms with Gasteiger partial charge in [-0.25, -0.2) is 19.5 Å². The summed E-state index contributed by atoms with van der Waals surface area (Å²) in [6, 6.07) is 6.14. The van der Waals surface area contributed by atoms with E-state index in [4.69, 9.17) is 4.74 Å². The van der Waals surface area contributed by atoms with E-state index in [1.165, 1.54) is 0 Å². The van der Waals surface area contributed by atoms with Crippen molar-refractivity contribution in [2.75, 3.05) is 19.6 Å². The Morgan fingerprint density at radius 2 is 2.03 bits per heavy atom. The summed E-state index contributed by atoms with van der Waals surface area (Å²) in [6.45, 7) is 14.1. The van der Waals surface area contributed by atoms with Crippen molar-refractivity contribution >= 4 is 12.1 Å². The lowest BCUT2D eigenvalue weighted by atomic mass is 10.1. The van der Waals surface area contributed by atoms with E-state index in [0.29, 0.717) is 19.6 Å². The molecule has 1 fully saturated rings. The SMILES string of the molecule is CCNC(=NCc1ccc(-n2nc(C)cc2C)nc1)NC1CN(C(=O)OC(C)(C)C)C1. The quantitative estimate of drug-likeness (QED) is 0.562. The van der Waals surface area contributed by atoms with Gasteiger partial charge in [0.25, 0.3) is 0 Å². The zero-order chi connectivity index (χ0) is 22.6. The minimum absolute atomic E-state index is 0.150. The normalized spacial score (nSPS) is 14.9. The molecule has 2 aromatic rings. The highest BCUT2D eigenvalue weighted by Crippen LogP contribution is 2.15. The molecule has 0 unspecified atom stereocenters. The maximum atomic E-state index is 12.1. The number of hydrogen-bond donors (Lipinski definition) is 2. The average molecular weight is 428 g/mol. The first-order chi connectivity index (χ1) is 14.6. The van der Waals surface area contributed by atoms with Gasteiger partial charge in [-0.3, -0.25) is 0 Å². The maximum absolute atomic E-state index is 12.1. The molecule has 1 saturated heterocycles. The number of amides is 1. The van der Waals surface area contributed by atoms with Gasteiger partial charge in [0.15, 0.2) is 11.8 Å². The number of aliphatic imine (C=N–C) groups is 1. The molecule has 0 bridgehead atoms. The minimum atomic E-state index is -0.482. The smallest absolute Gasteiger partial charge is 0.410 e. The van der Waals surface area contributed by atoms with Crippen molar-refractivity contribution in [2.45, 2.75) is 59.7 Å². The number of hydrogen-bond acceptors (Lipinski definition) is 5. The van der Waals surface area contributed by atoms with Crippen LogP contribution in [0, 0.1) is 13.8 Å². The molecular formula is C22H33N7O2. The molecule has 1 aliphatic heterocycles. The second-order valence-electron chi connectivity index (χ2n) is 8.79. The van der Waals surface area contributed by atoms with Crippen LogP contribution >= 0.6 is 0 Å². The molecule has 1 amide bonds. The molecule has 0 spiro atoms. The summed E-state index contributed by atoms with van der Waals surface area (Å²) < 4.78 is 7.23. The molecule has 3 rings (SSSR count). The van der Waals surface area contributed by atoms with Gasteiger partial charge < -0.3 is 20.3 Å². The van der Waals surface area contributed by atoms with Crippen LogP contribution in [0.3, 0.4) is 0 Å². The third-order valence-electron chi connectivity index (χ3n) is 4.67. The number of pyridine rings is 1. The summed E-state index contributed by atoms with van der Waals surface area (Å²) in [4.78, 5) is 22.9. The third kappa shape index (κ3) is 6.19. The van der Waals surface area contributed by atoms with E-state index >= 15 is 0 Å². The summed E-state index contributed by atoms with van der Waals surface area (Å²) in [7, 11) is 0. The molecule has 2 aromatic heterocycles. The Labute approximate surface area is 183 Å². The fourth-order valence-corrected chi connectivity index (χ4v) is 3.23. The highest BCUT2D eigenvalue weighted by Gasteiger charge is 2.34. The lowest BCUT2D eigenvalue weighted by molar-refractivity contribution is 0.00700. The predicted octanol–water partition coefficient (Wildman–Crippen LogP) is 2.56. The molecule has 1 aliphatic rings. The van der Waals surface area contributed by atoms with Crippen molar-refractivity contribution in [1.29, 1.82) is 0 Å². The molecule has 168 valence electrons. The third-order valence-corrected chi connectivity index (χ3v) is 4.67. The molecule has 31 heavy (non-hydrogen) atoms. The van der Waals surface area contributed by atoms with E-state index in [-0.39, 0.29) is 12.1 Å². The Balaban J connectivity index is 1.54. The van der Waals surface area contributed by atoms with E-state index in [1.54, 1.807) is 4.90 Å².